The smallest absolute Gasteiger partial charge is 0.363 e. The molecule has 0 aromatic heterocycles. The van der Waals surface area contributed by atoms with Gasteiger partial charge in [-0.25, -0.2) is 9.79 Å². The zero-order chi connectivity index (χ0) is 23.9. The third-order valence-corrected chi connectivity index (χ3v) is 5.57. The summed E-state index contributed by atoms with van der Waals surface area (Å²) in [6.45, 7) is 3.81. The summed E-state index contributed by atoms with van der Waals surface area (Å²) in [6, 6.07) is 12.4. The quantitative estimate of drug-likeness (QED) is 0.436. The zero-order valence-corrected chi connectivity index (χ0v) is 19.4. The second-order valence-corrected chi connectivity index (χ2v) is 7.94. The summed E-state index contributed by atoms with van der Waals surface area (Å²) < 4.78 is 22.1. The lowest BCUT2D eigenvalue weighted by atomic mass is 10.1. The fourth-order valence-corrected chi connectivity index (χ4v) is 3.82. The Hall–Kier alpha value is -3.81. The van der Waals surface area contributed by atoms with Gasteiger partial charge in [0.2, 0.25) is 5.90 Å². The molecule has 1 saturated heterocycles. The first-order chi connectivity index (χ1) is 16.6. The molecular weight excluding hydrogens is 436 g/mol. The first-order valence-corrected chi connectivity index (χ1v) is 11.4. The molecule has 0 saturated carbocycles. The molecule has 2 aliphatic heterocycles. The first-order valence-electron chi connectivity index (χ1n) is 11.4. The highest BCUT2D eigenvalue weighted by molar-refractivity contribution is 6.13. The monoisotopic (exact) mass is 464 g/mol. The second-order valence-electron chi connectivity index (χ2n) is 7.94. The van der Waals surface area contributed by atoms with Gasteiger partial charge >= 0.3 is 5.97 Å². The number of likely N-dealkylation sites (tertiary alicyclic amines) is 1. The Bertz CT molecular complexity index is 1120. The SMILES string of the molecule is CCOc1cc(/C=C2\N=C(c3cccc(OC)c3)OC2=O)ccc1OCC(=O)N1CCCCC1. The Balaban J connectivity index is 1.50. The van der Waals surface area contributed by atoms with Gasteiger partial charge in [-0.15, -0.1) is 0 Å². The van der Waals surface area contributed by atoms with Crippen molar-refractivity contribution in [1.29, 1.82) is 0 Å². The van der Waals surface area contributed by atoms with Crippen molar-refractivity contribution < 1.29 is 28.5 Å². The van der Waals surface area contributed by atoms with E-state index in [2.05, 4.69) is 4.99 Å². The van der Waals surface area contributed by atoms with E-state index in [1.807, 2.05) is 11.8 Å². The first kappa shape index (κ1) is 23.4. The summed E-state index contributed by atoms with van der Waals surface area (Å²) in [5.74, 6) is 1.26. The standard InChI is InChI=1S/C26H28N2O6/c1-3-32-23-15-18(10-11-22(23)33-17-24(29)28-12-5-4-6-13-28)14-21-26(30)34-25(27-21)19-8-7-9-20(16-19)31-2/h7-11,14-16H,3-6,12-13,17H2,1-2H3/b21-14-. The molecule has 4 rings (SSSR count). The number of hydrogen-bond donors (Lipinski definition) is 0. The van der Waals surface area contributed by atoms with Crippen LogP contribution in [0, 0.1) is 0 Å². The fourth-order valence-electron chi connectivity index (χ4n) is 3.82. The molecular formula is C26H28N2O6. The van der Waals surface area contributed by atoms with Crippen LogP contribution < -0.4 is 14.2 Å². The molecule has 2 aliphatic rings. The molecule has 1 amide bonds. The maximum absolute atomic E-state index is 12.4. The van der Waals surface area contributed by atoms with Crippen molar-refractivity contribution in [3.8, 4) is 17.2 Å². The molecule has 2 heterocycles. The van der Waals surface area contributed by atoms with E-state index in [0.717, 1.165) is 32.4 Å². The number of piperidine rings is 1. The molecule has 2 aromatic rings. The number of carbonyl (C=O) groups is 2. The van der Waals surface area contributed by atoms with Crippen LogP contribution in [0.4, 0.5) is 0 Å². The lowest BCUT2D eigenvalue weighted by Gasteiger charge is -2.26. The van der Waals surface area contributed by atoms with Gasteiger partial charge in [0.1, 0.15) is 5.75 Å². The number of nitrogens with zero attached hydrogens (tertiary/aromatic N) is 2. The van der Waals surface area contributed by atoms with Crippen LogP contribution in [0.15, 0.2) is 53.2 Å². The second kappa shape index (κ2) is 10.9. The Kier molecular flexibility index (Phi) is 7.47. The summed E-state index contributed by atoms with van der Waals surface area (Å²) in [5.41, 5.74) is 1.52. The molecule has 0 unspecified atom stereocenters. The van der Waals surface area contributed by atoms with Crippen molar-refractivity contribution in [2.45, 2.75) is 26.2 Å². The van der Waals surface area contributed by atoms with Gasteiger partial charge < -0.3 is 23.8 Å². The summed E-state index contributed by atoms with van der Waals surface area (Å²) in [4.78, 5) is 31.0. The Morgan fingerprint density at radius 1 is 1.09 bits per heavy atom. The van der Waals surface area contributed by atoms with E-state index in [1.165, 1.54) is 0 Å². The van der Waals surface area contributed by atoms with E-state index in [-0.39, 0.29) is 24.1 Å². The van der Waals surface area contributed by atoms with Crippen LogP contribution in [0.5, 0.6) is 17.2 Å². The van der Waals surface area contributed by atoms with Gasteiger partial charge in [-0.1, -0.05) is 12.1 Å². The summed E-state index contributed by atoms with van der Waals surface area (Å²) >= 11 is 0. The van der Waals surface area contributed by atoms with Crippen LogP contribution in [0.3, 0.4) is 0 Å². The van der Waals surface area contributed by atoms with Crippen LogP contribution in [0.2, 0.25) is 0 Å². The predicted molar refractivity (Wildman–Crippen MR) is 127 cm³/mol. The number of cyclic esters (lactones) is 1. The molecule has 34 heavy (non-hydrogen) atoms. The molecule has 8 heteroatoms. The van der Waals surface area contributed by atoms with E-state index in [0.29, 0.717) is 35.0 Å². The summed E-state index contributed by atoms with van der Waals surface area (Å²) in [6.07, 6.45) is 4.85. The van der Waals surface area contributed by atoms with Crippen LogP contribution in [-0.4, -0.2) is 56.1 Å². The van der Waals surface area contributed by atoms with Gasteiger partial charge in [-0.05, 0) is 68.2 Å². The van der Waals surface area contributed by atoms with Crippen LogP contribution >= 0.6 is 0 Å². The number of ether oxygens (including phenoxy) is 4. The average Bonchev–Trinajstić information content (AvgIpc) is 3.24. The highest BCUT2D eigenvalue weighted by Gasteiger charge is 2.25. The van der Waals surface area contributed by atoms with Gasteiger partial charge in [0.25, 0.3) is 5.91 Å². The molecule has 8 nitrogen and oxygen atoms in total. The van der Waals surface area contributed by atoms with E-state index in [4.69, 9.17) is 18.9 Å². The highest BCUT2D eigenvalue weighted by atomic mass is 16.6. The van der Waals surface area contributed by atoms with Crippen molar-refractivity contribution >= 4 is 23.9 Å². The van der Waals surface area contributed by atoms with Crippen molar-refractivity contribution in [2.75, 3.05) is 33.4 Å². The third kappa shape index (κ3) is 5.57. The number of benzene rings is 2. The topological polar surface area (TPSA) is 86.7 Å². The number of amides is 1. The Morgan fingerprint density at radius 2 is 1.91 bits per heavy atom. The van der Waals surface area contributed by atoms with Crippen molar-refractivity contribution in [1.82, 2.24) is 4.90 Å². The molecule has 1 fully saturated rings. The van der Waals surface area contributed by atoms with Crippen LogP contribution in [0.1, 0.15) is 37.3 Å². The molecule has 0 atom stereocenters. The number of aliphatic imine (C=N–C) groups is 1. The van der Waals surface area contributed by atoms with Gasteiger partial charge in [0.05, 0.1) is 13.7 Å². The third-order valence-electron chi connectivity index (χ3n) is 5.57. The predicted octanol–water partition coefficient (Wildman–Crippen LogP) is 3.83. The normalized spacial score (nSPS) is 16.8. The lowest BCUT2D eigenvalue weighted by Crippen LogP contribution is -2.38. The van der Waals surface area contributed by atoms with Gasteiger partial charge in [-0.2, -0.15) is 0 Å². The van der Waals surface area contributed by atoms with E-state index >= 15 is 0 Å². The Morgan fingerprint density at radius 3 is 2.68 bits per heavy atom. The molecule has 0 N–H and O–H groups in total. The largest absolute Gasteiger partial charge is 0.497 e. The number of methoxy groups -OCH3 is 1. The highest BCUT2D eigenvalue weighted by Crippen LogP contribution is 2.30. The fraction of sp³-hybridized carbons (Fsp3) is 0.346. The van der Waals surface area contributed by atoms with Crippen LogP contribution in [0.25, 0.3) is 6.08 Å². The Labute approximate surface area is 198 Å². The molecule has 0 aliphatic carbocycles. The molecule has 2 aromatic carbocycles. The minimum Gasteiger partial charge on any atom is -0.497 e. The number of hydrogen-bond acceptors (Lipinski definition) is 7. The molecule has 0 spiro atoms. The molecule has 0 radical (unpaired) electrons. The van der Waals surface area contributed by atoms with E-state index < -0.39 is 5.97 Å². The average molecular weight is 465 g/mol. The summed E-state index contributed by atoms with van der Waals surface area (Å²) in [5, 5.41) is 0. The van der Waals surface area contributed by atoms with Crippen molar-refractivity contribution in [3.63, 3.8) is 0 Å². The van der Waals surface area contributed by atoms with E-state index in [9.17, 15) is 9.59 Å². The van der Waals surface area contributed by atoms with Crippen molar-refractivity contribution in [2.24, 2.45) is 4.99 Å². The zero-order valence-electron chi connectivity index (χ0n) is 19.4. The van der Waals surface area contributed by atoms with Crippen LogP contribution in [-0.2, 0) is 14.3 Å². The van der Waals surface area contributed by atoms with Gasteiger partial charge in [0, 0.05) is 18.7 Å². The van der Waals surface area contributed by atoms with E-state index in [1.54, 1.807) is 55.7 Å². The van der Waals surface area contributed by atoms with Crippen molar-refractivity contribution in [3.05, 3.63) is 59.3 Å². The van der Waals surface area contributed by atoms with Gasteiger partial charge in [0.15, 0.2) is 23.8 Å². The maximum atomic E-state index is 12.4. The summed E-state index contributed by atoms with van der Waals surface area (Å²) in [7, 11) is 1.57. The minimum absolute atomic E-state index is 0.0264. The number of carbonyl (C=O) groups excluding carboxylic acids is 2. The number of esters is 1. The molecule has 178 valence electrons. The lowest BCUT2D eigenvalue weighted by molar-refractivity contribution is -0.134. The minimum atomic E-state index is -0.539. The number of rotatable bonds is 8. The molecule has 0 bridgehead atoms. The maximum Gasteiger partial charge on any atom is 0.363 e. The van der Waals surface area contributed by atoms with Gasteiger partial charge in [-0.3, -0.25) is 4.79 Å².